The first kappa shape index (κ1) is 19.1. The van der Waals surface area contributed by atoms with Crippen molar-refractivity contribution in [2.75, 3.05) is 6.16 Å². The lowest BCUT2D eigenvalue weighted by molar-refractivity contribution is 0.534. The van der Waals surface area contributed by atoms with Gasteiger partial charge in [-0.05, 0) is 6.42 Å². The molecule has 0 saturated heterocycles. The van der Waals surface area contributed by atoms with Crippen LogP contribution in [0.5, 0.6) is 0 Å². The Morgan fingerprint density at radius 1 is 0.526 bits per heavy atom. The summed E-state index contributed by atoms with van der Waals surface area (Å²) in [6.45, 7) is 2.28. The molecule has 0 aliphatic carbocycles. The summed E-state index contributed by atoms with van der Waals surface area (Å²) in [4.78, 5) is 0. The van der Waals surface area contributed by atoms with Crippen molar-refractivity contribution in [2.45, 2.75) is 103 Å². The van der Waals surface area contributed by atoms with E-state index in [1.54, 1.807) is 0 Å². The Hall–Kier alpha value is 0.100. The summed E-state index contributed by atoms with van der Waals surface area (Å²) in [5.41, 5.74) is 0. The Kier molecular flexibility index (Phi) is 18.2. The SMILES string of the molecule is CCCCCCCCCCCCCCCCC[PH]=O. The molecule has 0 aromatic heterocycles. The van der Waals surface area contributed by atoms with Crippen LogP contribution in [0.1, 0.15) is 103 Å². The molecule has 19 heavy (non-hydrogen) atoms. The van der Waals surface area contributed by atoms with Gasteiger partial charge in [-0.25, -0.2) is 0 Å². The minimum absolute atomic E-state index is 0.0811. The molecule has 115 valence electrons. The summed E-state index contributed by atoms with van der Waals surface area (Å²) in [5.74, 6) is 0. The molecule has 0 N–H and O–H groups in total. The Morgan fingerprint density at radius 2 is 0.842 bits per heavy atom. The molecule has 0 amide bonds. The van der Waals surface area contributed by atoms with E-state index < -0.39 is 0 Å². The number of rotatable bonds is 16. The second kappa shape index (κ2) is 18.1. The second-order valence-electron chi connectivity index (χ2n) is 5.84. The fraction of sp³-hybridized carbons (Fsp3) is 1.00. The molecule has 0 aromatic rings. The van der Waals surface area contributed by atoms with Crippen molar-refractivity contribution in [1.82, 2.24) is 0 Å². The summed E-state index contributed by atoms with van der Waals surface area (Å²) >= 11 is 0. The highest BCUT2D eigenvalue weighted by Gasteiger charge is 1.94. The summed E-state index contributed by atoms with van der Waals surface area (Å²) in [6, 6.07) is 0. The molecule has 1 nitrogen and oxygen atoms in total. The highest BCUT2D eigenvalue weighted by molar-refractivity contribution is 7.23. The van der Waals surface area contributed by atoms with Crippen LogP contribution in [0.25, 0.3) is 0 Å². The van der Waals surface area contributed by atoms with Crippen molar-refractivity contribution >= 4 is 8.46 Å². The van der Waals surface area contributed by atoms with E-state index in [-0.39, 0.29) is 8.46 Å². The van der Waals surface area contributed by atoms with Crippen molar-refractivity contribution in [3.05, 3.63) is 0 Å². The molecule has 1 radical (unpaired) electrons. The molecule has 0 fully saturated rings. The smallest absolute Gasteiger partial charge is 0.0581 e. The zero-order valence-electron chi connectivity index (χ0n) is 13.2. The highest BCUT2D eigenvalue weighted by atomic mass is 31.1. The zero-order valence-corrected chi connectivity index (χ0v) is 14.2. The molecule has 0 bridgehead atoms. The van der Waals surface area contributed by atoms with Gasteiger partial charge >= 0.3 is 0 Å². The molecular formula is C17H36OP. The molecular weight excluding hydrogens is 251 g/mol. The second-order valence-corrected chi connectivity index (χ2v) is 6.63. The van der Waals surface area contributed by atoms with Gasteiger partial charge in [-0.15, -0.1) is 0 Å². The van der Waals surface area contributed by atoms with E-state index >= 15 is 0 Å². The van der Waals surface area contributed by atoms with Crippen LogP contribution in [0.2, 0.25) is 0 Å². The van der Waals surface area contributed by atoms with E-state index in [1.165, 1.54) is 96.3 Å². The van der Waals surface area contributed by atoms with Crippen LogP contribution in [0, 0.1) is 0 Å². The van der Waals surface area contributed by atoms with Crippen molar-refractivity contribution in [2.24, 2.45) is 0 Å². The summed E-state index contributed by atoms with van der Waals surface area (Å²) in [7, 11) is -0.0811. The first-order valence-corrected chi connectivity index (χ1v) is 9.88. The van der Waals surface area contributed by atoms with Gasteiger partial charge in [-0.3, -0.25) is 4.57 Å². The van der Waals surface area contributed by atoms with E-state index in [2.05, 4.69) is 6.92 Å². The quantitative estimate of drug-likeness (QED) is 0.223. The van der Waals surface area contributed by atoms with Crippen LogP contribution in [0.15, 0.2) is 0 Å². The molecule has 0 aliphatic heterocycles. The fourth-order valence-electron chi connectivity index (χ4n) is 2.57. The highest BCUT2D eigenvalue weighted by Crippen LogP contribution is 2.13. The number of hydrogen-bond donors (Lipinski definition) is 0. The van der Waals surface area contributed by atoms with Crippen LogP contribution in [0.4, 0.5) is 0 Å². The van der Waals surface area contributed by atoms with Crippen LogP contribution in [0.3, 0.4) is 0 Å². The van der Waals surface area contributed by atoms with Gasteiger partial charge in [0, 0.05) is 6.16 Å². The third-order valence-corrected chi connectivity index (χ3v) is 4.44. The van der Waals surface area contributed by atoms with Gasteiger partial charge in [0.05, 0.1) is 8.46 Å². The molecule has 1 atom stereocenters. The van der Waals surface area contributed by atoms with Crippen LogP contribution >= 0.6 is 8.46 Å². The first-order chi connectivity index (χ1) is 9.41. The first-order valence-electron chi connectivity index (χ1n) is 8.76. The van der Waals surface area contributed by atoms with Crippen molar-refractivity contribution in [3.8, 4) is 0 Å². The molecule has 2 heteroatoms. The van der Waals surface area contributed by atoms with E-state index in [9.17, 15) is 4.57 Å². The van der Waals surface area contributed by atoms with Crippen LogP contribution in [-0.2, 0) is 4.57 Å². The zero-order chi connectivity index (χ0) is 14.0. The normalized spacial score (nSPS) is 11.2. The Labute approximate surface area is 123 Å². The number of unbranched alkanes of at least 4 members (excludes halogenated alkanes) is 14. The lowest BCUT2D eigenvalue weighted by Crippen LogP contribution is -1.83. The molecule has 1 unspecified atom stereocenters. The van der Waals surface area contributed by atoms with Gasteiger partial charge in [0.1, 0.15) is 0 Å². The fourth-order valence-corrected chi connectivity index (χ4v) is 2.96. The maximum Gasteiger partial charge on any atom is 0.0581 e. The van der Waals surface area contributed by atoms with Gasteiger partial charge in [0.2, 0.25) is 0 Å². The summed E-state index contributed by atoms with van der Waals surface area (Å²) in [5, 5.41) is 0. The van der Waals surface area contributed by atoms with Crippen molar-refractivity contribution < 1.29 is 4.57 Å². The molecule has 0 aliphatic rings. The van der Waals surface area contributed by atoms with E-state index in [0.717, 1.165) is 6.16 Å². The average Bonchev–Trinajstić information content (AvgIpc) is 2.43. The monoisotopic (exact) mass is 287 g/mol. The lowest BCUT2D eigenvalue weighted by Gasteiger charge is -2.02. The van der Waals surface area contributed by atoms with E-state index in [4.69, 9.17) is 0 Å². The minimum atomic E-state index is -0.0811. The third kappa shape index (κ3) is 18.1. The lowest BCUT2D eigenvalue weighted by atomic mass is 10.0. The minimum Gasteiger partial charge on any atom is -0.291 e. The molecule has 0 aromatic carbocycles. The molecule has 0 saturated carbocycles. The number of hydrogen-bond acceptors (Lipinski definition) is 1. The van der Waals surface area contributed by atoms with Gasteiger partial charge in [0.25, 0.3) is 0 Å². The van der Waals surface area contributed by atoms with Crippen molar-refractivity contribution in [3.63, 3.8) is 0 Å². The van der Waals surface area contributed by atoms with Gasteiger partial charge in [-0.2, -0.15) is 0 Å². The van der Waals surface area contributed by atoms with Crippen LogP contribution < -0.4 is 0 Å². The topological polar surface area (TPSA) is 17.1 Å². The Morgan fingerprint density at radius 3 is 1.16 bits per heavy atom. The van der Waals surface area contributed by atoms with Gasteiger partial charge in [0.15, 0.2) is 0 Å². The largest absolute Gasteiger partial charge is 0.291 e. The van der Waals surface area contributed by atoms with E-state index in [0.29, 0.717) is 0 Å². The molecule has 0 rings (SSSR count). The van der Waals surface area contributed by atoms with Crippen LogP contribution in [-0.4, -0.2) is 6.16 Å². The molecule has 0 spiro atoms. The summed E-state index contributed by atoms with van der Waals surface area (Å²) in [6.07, 6.45) is 21.9. The average molecular weight is 287 g/mol. The molecule has 0 heterocycles. The summed E-state index contributed by atoms with van der Waals surface area (Å²) < 4.78 is 10.3. The standard InChI is InChI=1S/C17H36OP/c1-2-3-4-5-6-7-8-9-10-11-12-13-14-15-16-17-19-18/h19H,2-17H2,1H3. The third-order valence-electron chi connectivity index (χ3n) is 3.88. The Balaban J connectivity index is 2.89. The van der Waals surface area contributed by atoms with Crippen molar-refractivity contribution in [1.29, 1.82) is 0 Å². The van der Waals surface area contributed by atoms with E-state index in [1.807, 2.05) is 0 Å². The van der Waals surface area contributed by atoms with Gasteiger partial charge < -0.3 is 0 Å². The maximum absolute atomic E-state index is 10.3. The predicted molar refractivity (Wildman–Crippen MR) is 88.8 cm³/mol. The maximum atomic E-state index is 10.3. The Bertz CT molecular complexity index is 171. The predicted octanol–water partition coefficient (Wildman–Crippen LogP) is 6.88. The van der Waals surface area contributed by atoms with Gasteiger partial charge in [-0.1, -0.05) is 96.8 Å².